The molecule has 0 saturated carbocycles. The summed E-state index contributed by atoms with van der Waals surface area (Å²) in [7, 11) is 1.96. The fourth-order valence-corrected chi connectivity index (χ4v) is 3.55. The van der Waals surface area contributed by atoms with E-state index in [2.05, 4.69) is 20.0 Å². The van der Waals surface area contributed by atoms with Crippen molar-refractivity contribution in [3.8, 4) is 0 Å². The molecule has 0 unspecified atom stereocenters. The number of hydrogen-bond donors (Lipinski definition) is 0. The third kappa shape index (κ3) is 2.70. The molecule has 0 amide bonds. The number of thiazole rings is 1. The van der Waals surface area contributed by atoms with E-state index in [0.717, 1.165) is 52.8 Å². The molecular weight excluding hydrogens is 306 g/mol. The number of alkyl halides is 1. The molecule has 0 fully saturated rings. The molecule has 5 nitrogen and oxygen atoms in total. The zero-order valence-corrected chi connectivity index (χ0v) is 14.0. The van der Waals surface area contributed by atoms with Gasteiger partial charge in [-0.05, 0) is 13.8 Å². The van der Waals surface area contributed by atoms with E-state index >= 15 is 0 Å². The van der Waals surface area contributed by atoms with Crippen LogP contribution in [0.4, 0.5) is 0 Å². The second-order valence-electron chi connectivity index (χ2n) is 5.13. The highest BCUT2D eigenvalue weighted by atomic mass is 35.5. The van der Waals surface area contributed by atoms with E-state index < -0.39 is 0 Å². The van der Waals surface area contributed by atoms with Crippen LogP contribution in [-0.2, 0) is 26.4 Å². The van der Waals surface area contributed by atoms with Crippen molar-refractivity contribution in [3.05, 3.63) is 27.6 Å². The van der Waals surface area contributed by atoms with Crippen LogP contribution in [0.25, 0.3) is 11.2 Å². The topological polar surface area (TPSA) is 48.5 Å². The maximum absolute atomic E-state index is 5.92. The zero-order chi connectivity index (χ0) is 15.0. The summed E-state index contributed by atoms with van der Waals surface area (Å²) in [6.45, 7) is 4.88. The van der Waals surface area contributed by atoms with E-state index in [1.54, 1.807) is 11.3 Å². The first kappa shape index (κ1) is 14.5. The van der Waals surface area contributed by atoms with Gasteiger partial charge in [0.1, 0.15) is 11.3 Å². The fraction of sp³-hybridized carbons (Fsp3) is 0.500. The van der Waals surface area contributed by atoms with Gasteiger partial charge in [-0.3, -0.25) is 4.68 Å². The highest BCUT2D eigenvalue weighted by molar-refractivity contribution is 7.09. The highest BCUT2D eigenvalue weighted by Crippen LogP contribution is 2.21. The summed E-state index contributed by atoms with van der Waals surface area (Å²) >= 11 is 7.63. The molecule has 3 aromatic rings. The second-order valence-corrected chi connectivity index (χ2v) is 6.45. The van der Waals surface area contributed by atoms with Crippen molar-refractivity contribution < 1.29 is 0 Å². The SMILES string of the molecule is Cc1csc(CCn2c(CCCl)nc3c(C)nn(C)c32)n1. The van der Waals surface area contributed by atoms with E-state index in [1.807, 2.05) is 25.6 Å². The molecule has 7 heteroatoms. The van der Waals surface area contributed by atoms with E-state index in [-0.39, 0.29) is 0 Å². The molecule has 0 saturated heterocycles. The minimum absolute atomic E-state index is 0.576. The van der Waals surface area contributed by atoms with E-state index in [9.17, 15) is 0 Å². The van der Waals surface area contributed by atoms with Gasteiger partial charge in [0.05, 0.1) is 10.7 Å². The summed E-state index contributed by atoms with van der Waals surface area (Å²) in [4.78, 5) is 9.25. The van der Waals surface area contributed by atoms with Crippen molar-refractivity contribution in [2.45, 2.75) is 33.2 Å². The van der Waals surface area contributed by atoms with Gasteiger partial charge in [-0.1, -0.05) is 0 Å². The standard InChI is InChI=1S/C14H18ClN5S/c1-9-8-21-12(16-9)5-7-20-11(4-6-15)17-13-10(2)18-19(3)14(13)20/h8H,4-7H2,1-3H3. The number of rotatable bonds is 5. The van der Waals surface area contributed by atoms with E-state index in [0.29, 0.717) is 5.88 Å². The lowest BCUT2D eigenvalue weighted by atomic mass is 10.4. The molecule has 3 heterocycles. The van der Waals surface area contributed by atoms with Gasteiger partial charge in [0, 0.05) is 43.4 Å². The van der Waals surface area contributed by atoms with Crippen LogP contribution < -0.4 is 0 Å². The maximum Gasteiger partial charge on any atom is 0.158 e. The first-order chi connectivity index (χ1) is 10.1. The molecule has 3 aromatic heterocycles. The van der Waals surface area contributed by atoms with Crippen LogP contribution >= 0.6 is 22.9 Å². The fourth-order valence-electron chi connectivity index (χ4n) is 2.62. The lowest BCUT2D eigenvalue weighted by molar-refractivity contribution is 0.640. The predicted octanol–water partition coefficient (Wildman–Crippen LogP) is 2.87. The van der Waals surface area contributed by atoms with Crippen molar-refractivity contribution in [2.75, 3.05) is 5.88 Å². The predicted molar refractivity (Wildman–Crippen MR) is 86.2 cm³/mol. The monoisotopic (exact) mass is 323 g/mol. The summed E-state index contributed by atoms with van der Waals surface area (Å²) in [6.07, 6.45) is 1.68. The molecule has 21 heavy (non-hydrogen) atoms. The quantitative estimate of drug-likeness (QED) is 0.678. The Morgan fingerprint density at radius 2 is 2.05 bits per heavy atom. The van der Waals surface area contributed by atoms with Crippen LogP contribution in [0.3, 0.4) is 0 Å². The molecule has 0 N–H and O–H groups in total. The molecule has 3 rings (SSSR count). The number of fused-ring (bicyclic) bond motifs is 1. The van der Waals surface area contributed by atoms with Crippen molar-refractivity contribution in [1.82, 2.24) is 24.3 Å². The molecule has 112 valence electrons. The molecule has 0 aliphatic heterocycles. The van der Waals surface area contributed by atoms with Crippen LogP contribution in [0, 0.1) is 13.8 Å². The van der Waals surface area contributed by atoms with E-state index in [4.69, 9.17) is 16.6 Å². The van der Waals surface area contributed by atoms with Crippen LogP contribution in [0.2, 0.25) is 0 Å². The highest BCUT2D eigenvalue weighted by Gasteiger charge is 2.17. The summed E-state index contributed by atoms with van der Waals surface area (Å²) in [5.74, 6) is 1.61. The van der Waals surface area contributed by atoms with Gasteiger partial charge in [0.2, 0.25) is 0 Å². The Labute approximate surface area is 132 Å². The van der Waals surface area contributed by atoms with Crippen LogP contribution in [0.5, 0.6) is 0 Å². The number of halogens is 1. The number of imidazole rings is 1. The maximum atomic E-state index is 5.92. The molecule has 0 aliphatic carbocycles. The first-order valence-corrected chi connectivity index (χ1v) is 8.37. The number of hydrogen-bond acceptors (Lipinski definition) is 4. The average molecular weight is 324 g/mol. The lowest BCUT2D eigenvalue weighted by Crippen LogP contribution is -2.10. The second kappa shape index (κ2) is 5.77. The van der Waals surface area contributed by atoms with Crippen LogP contribution in [0.1, 0.15) is 22.2 Å². The number of nitrogens with zero attached hydrogens (tertiary/aromatic N) is 5. The van der Waals surface area contributed by atoms with Gasteiger partial charge >= 0.3 is 0 Å². The largest absolute Gasteiger partial charge is 0.312 e. The van der Waals surface area contributed by atoms with Crippen molar-refractivity contribution in [1.29, 1.82) is 0 Å². The smallest absolute Gasteiger partial charge is 0.158 e. The molecule has 0 atom stereocenters. The summed E-state index contributed by atoms with van der Waals surface area (Å²) in [6, 6.07) is 0. The summed E-state index contributed by atoms with van der Waals surface area (Å²) in [5.41, 5.74) is 4.10. The molecule has 0 aromatic carbocycles. The number of aryl methyl sites for hydroxylation is 6. The molecule has 0 aliphatic rings. The van der Waals surface area contributed by atoms with Crippen molar-refractivity contribution in [3.63, 3.8) is 0 Å². The minimum atomic E-state index is 0.576. The summed E-state index contributed by atoms with van der Waals surface area (Å²) < 4.78 is 4.14. The Balaban J connectivity index is 1.96. The van der Waals surface area contributed by atoms with Gasteiger partial charge in [-0.2, -0.15) is 5.10 Å². The lowest BCUT2D eigenvalue weighted by Gasteiger charge is -2.07. The molecule has 0 radical (unpaired) electrons. The van der Waals surface area contributed by atoms with Crippen LogP contribution in [0.15, 0.2) is 5.38 Å². The molecule has 0 bridgehead atoms. The number of aromatic nitrogens is 5. The van der Waals surface area contributed by atoms with Crippen molar-refractivity contribution in [2.24, 2.45) is 7.05 Å². The molecular formula is C14H18ClN5S. The van der Waals surface area contributed by atoms with Gasteiger partial charge in [-0.15, -0.1) is 22.9 Å². The third-order valence-corrected chi connectivity index (χ3v) is 4.72. The Hall–Kier alpha value is -1.40. The van der Waals surface area contributed by atoms with Gasteiger partial charge in [0.15, 0.2) is 5.65 Å². The van der Waals surface area contributed by atoms with Gasteiger partial charge in [-0.25, -0.2) is 9.97 Å². The van der Waals surface area contributed by atoms with Crippen LogP contribution in [-0.4, -0.2) is 30.2 Å². The summed E-state index contributed by atoms with van der Waals surface area (Å²) in [5, 5.41) is 7.71. The molecule has 0 spiro atoms. The normalized spacial score (nSPS) is 11.6. The average Bonchev–Trinajstić information content (AvgIpc) is 3.07. The third-order valence-electron chi connectivity index (χ3n) is 3.50. The Kier molecular flexibility index (Phi) is 3.99. The Morgan fingerprint density at radius 1 is 1.24 bits per heavy atom. The van der Waals surface area contributed by atoms with Gasteiger partial charge < -0.3 is 4.57 Å². The Morgan fingerprint density at radius 3 is 2.71 bits per heavy atom. The van der Waals surface area contributed by atoms with E-state index in [1.165, 1.54) is 0 Å². The van der Waals surface area contributed by atoms with Gasteiger partial charge in [0.25, 0.3) is 0 Å². The Bertz CT molecular complexity index is 770. The van der Waals surface area contributed by atoms with Crippen molar-refractivity contribution >= 4 is 34.1 Å². The minimum Gasteiger partial charge on any atom is -0.312 e. The first-order valence-electron chi connectivity index (χ1n) is 6.96. The zero-order valence-electron chi connectivity index (χ0n) is 12.4.